The van der Waals surface area contributed by atoms with Crippen LogP contribution in [0.3, 0.4) is 0 Å². The normalized spacial score (nSPS) is 10.3. The fourth-order valence-electron chi connectivity index (χ4n) is 0.914. The fourth-order valence-corrected chi connectivity index (χ4v) is 0.914. The quantitative estimate of drug-likeness (QED) is 0.606. The van der Waals surface area contributed by atoms with Gasteiger partial charge in [-0.15, -0.1) is 0 Å². The molecule has 0 spiro atoms. The van der Waals surface area contributed by atoms with Crippen LogP contribution in [0.5, 0.6) is 0 Å². The lowest BCUT2D eigenvalue weighted by atomic mass is 10.3. The minimum absolute atomic E-state index is 1.01. The van der Waals surface area contributed by atoms with Crippen molar-refractivity contribution in [1.82, 2.24) is 9.78 Å². The molecule has 0 aromatic carbocycles. The summed E-state index contributed by atoms with van der Waals surface area (Å²) in [5.41, 5.74) is 2.40. The molecule has 0 bridgehead atoms. The largest absolute Gasteiger partial charge is 0.269 e. The van der Waals surface area contributed by atoms with Crippen molar-refractivity contribution in [3.8, 4) is 0 Å². The second kappa shape index (κ2) is 2.86. The third kappa shape index (κ3) is 1.20. The van der Waals surface area contributed by atoms with Crippen LogP contribution in [0.1, 0.15) is 24.6 Å². The molecule has 1 aromatic rings. The van der Waals surface area contributed by atoms with Crippen molar-refractivity contribution < 1.29 is 0 Å². The Hall–Kier alpha value is -0.790. The van der Waals surface area contributed by atoms with Crippen molar-refractivity contribution in [1.29, 1.82) is 0 Å². The highest BCUT2D eigenvalue weighted by molar-refractivity contribution is 5.11. The number of rotatable bonds is 2. The number of hydrogen-bond acceptors (Lipinski definition) is 1. The molecule has 0 amide bonds. The summed E-state index contributed by atoms with van der Waals surface area (Å²) >= 11 is 0. The zero-order valence-electron chi connectivity index (χ0n) is 6.81. The predicted octanol–water partition coefficient (Wildman–Crippen LogP) is 1.71. The molecular formula is C8H13N2. The van der Waals surface area contributed by atoms with Crippen molar-refractivity contribution in [3.63, 3.8) is 0 Å². The lowest BCUT2D eigenvalue weighted by Crippen LogP contribution is -2.00. The zero-order chi connectivity index (χ0) is 7.56. The van der Waals surface area contributed by atoms with Crippen molar-refractivity contribution >= 4 is 0 Å². The summed E-state index contributed by atoms with van der Waals surface area (Å²) in [6.07, 6.45) is 4.07. The molecule has 0 N–H and O–H groups in total. The summed E-state index contributed by atoms with van der Waals surface area (Å²) in [6.45, 7) is 7.27. The molecule has 0 atom stereocenters. The maximum Gasteiger partial charge on any atom is 0.116 e. The molecular weight excluding hydrogens is 124 g/mol. The molecule has 10 heavy (non-hydrogen) atoms. The van der Waals surface area contributed by atoms with E-state index in [1.165, 1.54) is 5.69 Å². The maximum absolute atomic E-state index is 4.10. The second-order valence-corrected chi connectivity index (χ2v) is 2.55. The van der Waals surface area contributed by atoms with Gasteiger partial charge in [-0.05, 0) is 25.8 Å². The Bertz CT molecular complexity index is 213. The van der Waals surface area contributed by atoms with E-state index in [2.05, 4.69) is 25.1 Å². The van der Waals surface area contributed by atoms with Crippen LogP contribution in [0.4, 0.5) is 0 Å². The van der Waals surface area contributed by atoms with Gasteiger partial charge in [0.05, 0.1) is 0 Å². The van der Waals surface area contributed by atoms with Gasteiger partial charge in [-0.2, -0.15) is 5.10 Å². The molecule has 0 aliphatic carbocycles. The van der Waals surface area contributed by atoms with Crippen LogP contribution < -0.4 is 0 Å². The highest BCUT2D eigenvalue weighted by atomic mass is 15.3. The summed E-state index contributed by atoms with van der Waals surface area (Å²) in [4.78, 5) is 0. The summed E-state index contributed by atoms with van der Waals surface area (Å²) in [6, 6.07) is 0. The number of nitrogens with zero attached hydrogens (tertiary/aromatic N) is 2. The van der Waals surface area contributed by atoms with Crippen LogP contribution in [0, 0.1) is 20.0 Å². The Balaban J connectivity index is 2.83. The van der Waals surface area contributed by atoms with Crippen LogP contribution in [-0.2, 0) is 6.54 Å². The Kier molecular flexibility index (Phi) is 2.10. The van der Waals surface area contributed by atoms with Crippen LogP contribution in [-0.4, -0.2) is 9.78 Å². The minimum atomic E-state index is 1.01. The van der Waals surface area contributed by atoms with E-state index in [1.54, 1.807) is 0 Å². The van der Waals surface area contributed by atoms with Gasteiger partial charge in [-0.3, -0.25) is 4.68 Å². The highest BCUT2D eigenvalue weighted by Gasteiger charge is 1.99. The molecule has 0 unspecified atom stereocenters. The first kappa shape index (κ1) is 7.32. The van der Waals surface area contributed by atoms with E-state index in [1.807, 2.05) is 11.6 Å². The van der Waals surface area contributed by atoms with Gasteiger partial charge in [-0.25, -0.2) is 0 Å². The molecule has 1 rings (SSSR count). The van der Waals surface area contributed by atoms with Crippen LogP contribution in [0.25, 0.3) is 0 Å². The monoisotopic (exact) mass is 137 g/mol. The summed E-state index contributed by atoms with van der Waals surface area (Å²) in [7, 11) is 0. The number of hydrogen-bond donors (Lipinski definition) is 0. The summed E-state index contributed by atoms with van der Waals surface area (Å²) < 4.78 is 2.00. The zero-order valence-corrected chi connectivity index (χ0v) is 6.81. The number of aryl methyl sites for hydroxylation is 2. The maximum atomic E-state index is 4.10. The first-order chi connectivity index (χ1) is 4.75. The molecule has 0 saturated heterocycles. The molecule has 0 saturated carbocycles. The van der Waals surface area contributed by atoms with Gasteiger partial charge in [0.1, 0.15) is 6.20 Å². The standard InChI is InChI=1S/C8H13N2/c1-4-5-10-8(3)7(2)6-9-10/h4-5H2,1-3H3. The van der Waals surface area contributed by atoms with E-state index in [0.717, 1.165) is 18.5 Å². The molecule has 1 aromatic heterocycles. The molecule has 1 heterocycles. The fraction of sp³-hybridized carbons (Fsp3) is 0.625. The first-order valence-electron chi connectivity index (χ1n) is 3.67. The minimum Gasteiger partial charge on any atom is -0.269 e. The van der Waals surface area contributed by atoms with Crippen molar-refractivity contribution in [2.24, 2.45) is 0 Å². The van der Waals surface area contributed by atoms with Gasteiger partial charge in [0.2, 0.25) is 0 Å². The third-order valence-electron chi connectivity index (χ3n) is 1.70. The molecule has 0 fully saturated rings. The smallest absolute Gasteiger partial charge is 0.116 e. The van der Waals surface area contributed by atoms with Gasteiger partial charge in [-0.1, -0.05) is 6.92 Å². The average molecular weight is 137 g/mol. The molecule has 2 heteroatoms. The van der Waals surface area contributed by atoms with Gasteiger partial charge in [0, 0.05) is 12.2 Å². The van der Waals surface area contributed by atoms with E-state index in [-0.39, 0.29) is 0 Å². The van der Waals surface area contributed by atoms with Crippen LogP contribution >= 0.6 is 0 Å². The van der Waals surface area contributed by atoms with E-state index < -0.39 is 0 Å². The second-order valence-electron chi connectivity index (χ2n) is 2.55. The first-order valence-corrected chi connectivity index (χ1v) is 3.67. The molecule has 1 radical (unpaired) electrons. The summed E-state index contributed by atoms with van der Waals surface area (Å²) in [5, 5.41) is 4.10. The van der Waals surface area contributed by atoms with E-state index in [4.69, 9.17) is 0 Å². The number of aromatic nitrogens is 2. The third-order valence-corrected chi connectivity index (χ3v) is 1.70. The van der Waals surface area contributed by atoms with Gasteiger partial charge < -0.3 is 0 Å². The van der Waals surface area contributed by atoms with Crippen molar-refractivity contribution in [2.45, 2.75) is 33.7 Å². The predicted molar refractivity (Wildman–Crippen MR) is 40.8 cm³/mol. The van der Waals surface area contributed by atoms with Crippen molar-refractivity contribution in [3.05, 3.63) is 17.5 Å². The Morgan fingerprint density at radius 3 is 2.60 bits per heavy atom. The molecule has 0 aliphatic rings. The lowest BCUT2D eigenvalue weighted by molar-refractivity contribution is 0.585. The average Bonchev–Trinajstić information content (AvgIpc) is 2.20. The van der Waals surface area contributed by atoms with Gasteiger partial charge in [0.25, 0.3) is 0 Å². The van der Waals surface area contributed by atoms with E-state index in [9.17, 15) is 0 Å². The highest BCUT2D eigenvalue weighted by Crippen LogP contribution is 2.03. The molecule has 55 valence electrons. The topological polar surface area (TPSA) is 17.8 Å². The Morgan fingerprint density at radius 1 is 1.50 bits per heavy atom. The molecule has 2 nitrogen and oxygen atoms in total. The summed E-state index contributed by atoms with van der Waals surface area (Å²) in [5.74, 6) is 0. The van der Waals surface area contributed by atoms with Crippen molar-refractivity contribution in [2.75, 3.05) is 0 Å². The Morgan fingerprint density at radius 2 is 2.20 bits per heavy atom. The van der Waals surface area contributed by atoms with Gasteiger partial charge in [0.15, 0.2) is 0 Å². The van der Waals surface area contributed by atoms with Gasteiger partial charge >= 0.3 is 0 Å². The van der Waals surface area contributed by atoms with Crippen LogP contribution in [0.15, 0.2) is 0 Å². The van der Waals surface area contributed by atoms with E-state index >= 15 is 0 Å². The SMILES string of the molecule is CCCn1n[c]c(C)c1C. The lowest BCUT2D eigenvalue weighted by Gasteiger charge is -2.00. The Labute approximate surface area is 61.9 Å². The van der Waals surface area contributed by atoms with E-state index in [0.29, 0.717) is 0 Å². The molecule has 0 aliphatic heterocycles. The van der Waals surface area contributed by atoms with Crippen LogP contribution in [0.2, 0.25) is 0 Å².